The number of carbonyl (C=O) groups excluding carboxylic acids is 3. The van der Waals surface area contributed by atoms with Crippen LogP contribution in [-0.2, 0) is 20.9 Å². The van der Waals surface area contributed by atoms with Crippen molar-refractivity contribution < 1.29 is 23.9 Å². The van der Waals surface area contributed by atoms with E-state index in [2.05, 4.69) is 15.6 Å². The van der Waals surface area contributed by atoms with Gasteiger partial charge in [0.1, 0.15) is 11.5 Å². The molecule has 3 amide bonds. The second kappa shape index (κ2) is 10.4. The lowest BCUT2D eigenvalue weighted by Gasteiger charge is -2.38. The van der Waals surface area contributed by atoms with Crippen LogP contribution in [0.2, 0.25) is 0 Å². The number of rotatable bonds is 0. The van der Waals surface area contributed by atoms with Gasteiger partial charge in [0.05, 0.1) is 30.5 Å². The Morgan fingerprint density at radius 1 is 1.18 bits per heavy atom. The molecule has 4 rings (SSSR count). The van der Waals surface area contributed by atoms with Gasteiger partial charge in [-0.05, 0) is 36.6 Å². The number of fused-ring (bicyclic) bond motifs is 5. The third-order valence-corrected chi connectivity index (χ3v) is 5.78. The predicted molar refractivity (Wildman–Crippen MR) is 120 cm³/mol. The highest BCUT2D eigenvalue weighted by Gasteiger charge is 2.32. The zero-order valence-corrected chi connectivity index (χ0v) is 18.6. The average molecular weight is 453 g/mol. The Morgan fingerprint density at radius 3 is 2.91 bits per heavy atom. The molecule has 1 saturated heterocycles. The molecule has 2 aromatic rings. The minimum atomic E-state index is -0.297. The van der Waals surface area contributed by atoms with Crippen LogP contribution in [0.25, 0.3) is 0 Å². The van der Waals surface area contributed by atoms with Crippen LogP contribution in [-0.4, -0.2) is 59.4 Å². The Bertz CT molecular complexity index is 1030. The van der Waals surface area contributed by atoms with Crippen LogP contribution < -0.4 is 15.4 Å². The molecule has 0 unspecified atom stereocenters. The highest BCUT2D eigenvalue weighted by molar-refractivity contribution is 5.94. The first-order valence-corrected chi connectivity index (χ1v) is 11.1. The number of carbonyl (C=O) groups is 3. The molecule has 2 N–H and O–H groups in total. The summed E-state index contributed by atoms with van der Waals surface area (Å²) in [4.78, 5) is 42.7. The van der Waals surface area contributed by atoms with E-state index in [0.29, 0.717) is 56.1 Å². The number of piperidine rings is 1. The highest BCUT2D eigenvalue weighted by atomic mass is 16.5. The maximum atomic E-state index is 12.6. The first kappa shape index (κ1) is 22.7. The number of nitrogens with one attached hydrogen (secondary N) is 2. The van der Waals surface area contributed by atoms with E-state index in [-0.39, 0.29) is 36.3 Å². The monoisotopic (exact) mass is 452 g/mol. The third kappa shape index (κ3) is 6.07. The van der Waals surface area contributed by atoms with Gasteiger partial charge in [0.2, 0.25) is 11.8 Å². The number of benzene rings is 1. The Labute approximate surface area is 192 Å². The number of aromatic nitrogens is 1. The second-order valence-electron chi connectivity index (χ2n) is 8.30. The lowest BCUT2D eigenvalue weighted by Crippen LogP contribution is -2.56. The molecule has 9 heteroatoms. The van der Waals surface area contributed by atoms with Crippen LogP contribution in [0.4, 0.5) is 0 Å². The molecule has 33 heavy (non-hydrogen) atoms. The van der Waals surface area contributed by atoms with Crippen molar-refractivity contribution in [1.82, 2.24) is 20.5 Å². The van der Waals surface area contributed by atoms with Gasteiger partial charge in [-0.3, -0.25) is 19.4 Å². The number of amides is 3. The summed E-state index contributed by atoms with van der Waals surface area (Å²) >= 11 is 0. The van der Waals surface area contributed by atoms with E-state index in [0.717, 1.165) is 5.56 Å². The molecule has 2 aliphatic rings. The third-order valence-electron chi connectivity index (χ3n) is 5.78. The van der Waals surface area contributed by atoms with Gasteiger partial charge in [0.15, 0.2) is 0 Å². The van der Waals surface area contributed by atoms with Gasteiger partial charge in [-0.1, -0.05) is 12.1 Å². The van der Waals surface area contributed by atoms with Crippen LogP contribution >= 0.6 is 0 Å². The van der Waals surface area contributed by atoms with Gasteiger partial charge >= 0.3 is 0 Å². The first-order valence-electron chi connectivity index (χ1n) is 11.1. The van der Waals surface area contributed by atoms with Gasteiger partial charge in [0, 0.05) is 39.2 Å². The quantitative estimate of drug-likeness (QED) is 0.633. The average Bonchev–Trinajstić information content (AvgIpc) is 2.80. The summed E-state index contributed by atoms with van der Waals surface area (Å²) in [6.07, 6.45) is 4.19. The van der Waals surface area contributed by atoms with Crippen LogP contribution in [0.1, 0.15) is 42.1 Å². The molecule has 1 aromatic carbocycles. The van der Waals surface area contributed by atoms with Gasteiger partial charge in [-0.25, -0.2) is 0 Å². The van der Waals surface area contributed by atoms with Gasteiger partial charge in [0.25, 0.3) is 5.91 Å². The number of hydrogen-bond acceptors (Lipinski definition) is 6. The van der Waals surface area contributed by atoms with Crippen molar-refractivity contribution in [3.05, 3.63) is 53.9 Å². The molecular formula is C24H28N4O5. The molecule has 4 bridgehead atoms. The summed E-state index contributed by atoms with van der Waals surface area (Å²) < 4.78 is 12.1. The van der Waals surface area contributed by atoms with E-state index in [9.17, 15) is 14.4 Å². The summed E-state index contributed by atoms with van der Waals surface area (Å²) in [7, 11) is 0. The Morgan fingerprint density at radius 2 is 2.06 bits per heavy atom. The molecule has 0 spiro atoms. The number of nitrogens with zero attached hydrogens (tertiary/aromatic N) is 2. The van der Waals surface area contributed by atoms with E-state index in [4.69, 9.17) is 9.47 Å². The Kier molecular flexibility index (Phi) is 7.19. The smallest absolute Gasteiger partial charge is 0.252 e. The lowest BCUT2D eigenvalue weighted by molar-refractivity contribution is -0.135. The van der Waals surface area contributed by atoms with Crippen molar-refractivity contribution in [2.45, 2.75) is 44.9 Å². The molecule has 3 heterocycles. The number of likely N-dealkylation sites (tertiary alicyclic amines) is 1. The Hall–Kier alpha value is -3.46. The van der Waals surface area contributed by atoms with E-state index < -0.39 is 0 Å². The lowest BCUT2D eigenvalue weighted by atomic mass is 10.0. The largest absolute Gasteiger partial charge is 0.456 e. The molecule has 0 aliphatic carbocycles. The standard InChI is InChI=1S/C24H28N4O5/c1-16(29)28-9-7-22-21(14-28)27-23(30)6-3-8-26-24(31)18-11-20(13-25-12-18)33-19-5-2-4-17(10-19)15-32-22/h2,4-5,10-13,21-22H,3,6-9,14-15H2,1H3,(H,26,31)(H,27,30)/t21-,22-/m0/s1. The fourth-order valence-electron chi connectivity index (χ4n) is 4.02. The Balaban J connectivity index is 1.55. The second-order valence-corrected chi connectivity index (χ2v) is 8.30. The molecule has 1 aromatic heterocycles. The van der Waals surface area contributed by atoms with Crippen LogP contribution in [0.15, 0.2) is 42.7 Å². The van der Waals surface area contributed by atoms with Crippen LogP contribution in [0, 0.1) is 0 Å². The van der Waals surface area contributed by atoms with E-state index in [1.807, 2.05) is 24.3 Å². The summed E-state index contributed by atoms with van der Waals surface area (Å²) in [6, 6.07) is 8.83. The predicted octanol–water partition coefficient (Wildman–Crippen LogP) is 2.02. The molecule has 1 fully saturated rings. The SMILES string of the molecule is CC(=O)N1CC[C@@H]2OCc3cccc(c3)Oc3cncc(c3)C(=O)NCCCC(=O)N[C@H]2C1. The van der Waals surface area contributed by atoms with Crippen molar-refractivity contribution in [2.75, 3.05) is 19.6 Å². The minimum absolute atomic E-state index is 0.0209. The molecule has 2 atom stereocenters. The van der Waals surface area contributed by atoms with E-state index in [1.165, 1.54) is 13.1 Å². The fraction of sp³-hybridized carbons (Fsp3) is 0.417. The van der Waals surface area contributed by atoms with Crippen molar-refractivity contribution >= 4 is 17.7 Å². The highest BCUT2D eigenvalue weighted by Crippen LogP contribution is 2.24. The molecular weight excluding hydrogens is 424 g/mol. The van der Waals surface area contributed by atoms with Crippen LogP contribution in [0.3, 0.4) is 0 Å². The summed E-state index contributed by atoms with van der Waals surface area (Å²) in [5, 5.41) is 5.83. The summed E-state index contributed by atoms with van der Waals surface area (Å²) in [5.41, 5.74) is 1.29. The first-order chi connectivity index (χ1) is 16.0. The van der Waals surface area contributed by atoms with Gasteiger partial charge in [-0.2, -0.15) is 0 Å². The molecule has 2 aliphatic heterocycles. The molecule has 0 radical (unpaired) electrons. The number of pyridine rings is 1. The maximum absolute atomic E-state index is 12.6. The molecule has 0 saturated carbocycles. The number of hydrogen-bond donors (Lipinski definition) is 2. The molecule has 9 nitrogen and oxygen atoms in total. The van der Waals surface area contributed by atoms with Crippen molar-refractivity contribution in [3.8, 4) is 11.5 Å². The van der Waals surface area contributed by atoms with Crippen LogP contribution in [0.5, 0.6) is 11.5 Å². The van der Waals surface area contributed by atoms with Crippen molar-refractivity contribution in [1.29, 1.82) is 0 Å². The maximum Gasteiger partial charge on any atom is 0.252 e. The van der Waals surface area contributed by atoms with Gasteiger partial charge in [-0.15, -0.1) is 0 Å². The van der Waals surface area contributed by atoms with E-state index >= 15 is 0 Å². The normalized spacial score (nSPS) is 22.0. The van der Waals surface area contributed by atoms with E-state index in [1.54, 1.807) is 17.2 Å². The summed E-state index contributed by atoms with van der Waals surface area (Å²) in [5.74, 6) is 0.632. The van der Waals surface area contributed by atoms with Crippen molar-refractivity contribution in [2.24, 2.45) is 0 Å². The van der Waals surface area contributed by atoms with Gasteiger partial charge < -0.3 is 25.0 Å². The molecule has 174 valence electrons. The fourth-order valence-corrected chi connectivity index (χ4v) is 4.02. The summed E-state index contributed by atoms with van der Waals surface area (Å²) in [6.45, 7) is 3.22. The zero-order valence-electron chi connectivity index (χ0n) is 18.6. The topological polar surface area (TPSA) is 110 Å². The zero-order chi connectivity index (χ0) is 23.2. The minimum Gasteiger partial charge on any atom is -0.456 e. The number of ether oxygens (including phenoxy) is 2. The van der Waals surface area contributed by atoms with Crippen molar-refractivity contribution in [3.63, 3.8) is 0 Å².